The van der Waals surface area contributed by atoms with Crippen LogP contribution in [0, 0.1) is 5.41 Å². The number of nitrogens with zero attached hydrogens (tertiary/aromatic N) is 3. The van der Waals surface area contributed by atoms with Gasteiger partial charge in [0.2, 0.25) is 17.6 Å². The predicted octanol–water partition coefficient (Wildman–Crippen LogP) is 3.83. The van der Waals surface area contributed by atoms with E-state index in [1.165, 1.54) is 0 Å². The van der Waals surface area contributed by atoms with Crippen molar-refractivity contribution >= 4 is 24.1 Å². The minimum absolute atomic E-state index is 0.00828. The van der Waals surface area contributed by atoms with E-state index in [0.717, 1.165) is 10.5 Å². The van der Waals surface area contributed by atoms with Gasteiger partial charge >= 0.3 is 12.2 Å². The van der Waals surface area contributed by atoms with Crippen molar-refractivity contribution in [2.24, 2.45) is 0 Å². The number of piperazine rings is 1. The topological polar surface area (TPSA) is 143 Å². The molecule has 1 aromatic rings. The van der Waals surface area contributed by atoms with Gasteiger partial charge in [-0.1, -0.05) is 6.07 Å². The van der Waals surface area contributed by atoms with Gasteiger partial charge in [-0.15, -0.1) is 0 Å². The zero-order valence-corrected chi connectivity index (χ0v) is 26.4. The number of guanidine groups is 1. The van der Waals surface area contributed by atoms with Gasteiger partial charge in [-0.05, 0) is 54.0 Å². The third kappa shape index (κ3) is 10.6. The Morgan fingerprint density at radius 2 is 1.48 bits per heavy atom. The van der Waals surface area contributed by atoms with Gasteiger partial charge in [0.25, 0.3) is 0 Å². The number of ether oxygens (including phenoxy) is 5. The van der Waals surface area contributed by atoms with Crippen molar-refractivity contribution in [3.8, 4) is 17.2 Å². The van der Waals surface area contributed by atoms with Gasteiger partial charge in [0.05, 0.1) is 21.3 Å². The molecule has 3 amide bonds. The Morgan fingerprint density at radius 3 is 2.00 bits per heavy atom. The van der Waals surface area contributed by atoms with E-state index < -0.39 is 29.3 Å². The molecule has 1 aliphatic heterocycles. The van der Waals surface area contributed by atoms with Gasteiger partial charge in [-0.2, -0.15) is 0 Å². The summed E-state index contributed by atoms with van der Waals surface area (Å²) >= 11 is 0. The molecule has 1 aromatic carbocycles. The van der Waals surface area contributed by atoms with Crippen molar-refractivity contribution in [1.82, 2.24) is 20.0 Å². The summed E-state index contributed by atoms with van der Waals surface area (Å²) in [5.41, 5.74) is -0.622. The molecule has 2 N–H and O–H groups in total. The highest BCUT2D eigenvalue weighted by atomic mass is 16.6. The molecule has 13 nitrogen and oxygen atoms in total. The quantitative estimate of drug-likeness (QED) is 0.323. The van der Waals surface area contributed by atoms with Crippen molar-refractivity contribution < 1.29 is 38.1 Å². The van der Waals surface area contributed by atoms with E-state index in [1.807, 2.05) is 12.1 Å². The lowest BCUT2D eigenvalue weighted by molar-refractivity contribution is -0.133. The lowest BCUT2D eigenvalue weighted by Gasteiger charge is -2.35. The number of rotatable bonds is 9. The molecule has 1 fully saturated rings. The van der Waals surface area contributed by atoms with Crippen molar-refractivity contribution in [3.63, 3.8) is 0 Å². The summed E-state index contributed by atoms with van der Waals surface area (Å²) in [5.74, 6) is 1.23. The highest BCUT2D eigenvalue weighted by molar-refractivity contribution is 5.99. The molecule has 236 valence electrons. The Labute approximate surface area is 248 Å². The van der Waals surface area contributed by atoms with Crippen LogP contribution in [0.15, 0.2) is 12.1 Å². The highest BCUT2D eigenvalue weighted by Gasteiger charge is 2.29. The molecule has 0 aromatic heterocycles. The van der Waals surface area contributed by atoms with Crippen LogP contribution in [0.5, 0.6) is 17.2 Å². The van der Waals surface area contributed by atoms with Crippen LogP contribution in [0.1, 0.15) is 59.9 Å². The molecule has 1 saturated heterocycles. The van der Waals surface area contributed by atoms with Gasteiger partial charge in [-0.25, -0.2) is 14.5 Å². The van der Waals surface area contributed by atoms with E-state index in [2.05, 4.69) is 10.2 Å². The molecule has 0 radical (unpaired) electrons. The first-order valence-corrected chi connectivity index (χ1v) is 14.0. The summed E-state index contributed by atoms with van der Waals surface area (Å²) in [6, 6.07) is 3.79. The van der Waals surface area contributed by atoms with Crippen LogP contribution in [-0.2, 0) is 20.8 Å². The van der Waals surface area contributed by atoms with Crippen LogP contribution >= 0.6 is 0 Å². The van der Waals surface area contributed by atoms with Gasteiger partial charge in [0.15, 0.2) is 11.5 Å². The molecule has 0 atom stereocenters. The van der Waals surface area contributed by atoms with E-state index in [0.29, 0.717) is 50.0 Å². The lowest BCUT2D eigenvalue weighted by atomic mass is 10.1. The second-order valence-electron chi connectivity index (χ2n) is 11.9. The van der Waals surface area contributed by atoms with Crippen molar-refractivity contribution in [3.05, 3.63) is 17.7 Å². The van der Waals surface area contributed by atoms with Crippen LogP contribution in [0.3, 0.4) is 0 Å². The number of carbonyl (C=O) groups excluding carboxylic acids is 3. The molecule has 2 rings (SSSR count). The monoisotopic (exact) mass is 593 g/mol. The second kappa shape index (κ2) is 14.9. The molecular formula is C29H47N5O8. The van der Waals surface area contributed by atoms with E-state index in [-0.39, 0.29) is 25.3 Å². The first kappa shape index (κ1) is 34.5. The first-order chi connectivity index (χ1) is 19.6. The van der Waals surface area contributed by atoms with Gasteiger partial charge in [0.1, 0.15) is 11.2 Å². The Balaban J connectivity index is 1.94. The minimum Gasteiger partial charge on any atom is -0.493 e. The van der Waals surface area contributed by atoms with Gasteiger partial charge < -0.3 is 28.6 Å². The molecule has 0 saturated carbocycles. The van der Waals surface area contributed by atoms with E-state index >= 15 is 0 Å². The van der Waals surface area contributed by atoms with E-state index in [9.17, 15) is 14.4 Å². The maximum atomic E-state index is 13.0. The second-order valence-corrected chi connectivity index (χ2v) is 11.9. The van der Waals surface area contributed by atoms with E-state index in [4.69, 9.17) is 29.1 Å². The Hall–Kier alpha value is -3.74. The minimum atomic E-state index is -0.860. The number of hydrogen-bond acceptors (Lipinski definition) is 10. The molecular weight excluding hydrogens is 546 g/mol. The first-order valence-electron chi connectivity index (χ1n) is 14.0. The number of nitrogens with one attached hydrogen (secondary N) is 2. The van der Waals surface area contributed by atoms with Crippen LogP contribution in [0.2, 0.25) is 0 Å². The molecule has 0 aliphatic carbocycles. The number of alkyl carbamates (subject to hydrolysis) is 1. The van der Waals surface area contributed by atoms with Gasteiger partial charge in [-0.3, -0.25) is 20.4 Å². The fraction of sp³-hybridized carbons (Fsp3) is 0.655. The summed E-state index contributed by atoms with van der Waals surface area (Å²) in [5, 5.41) is 10.6. The standard InChI is InChI=1S/C29H47N5O8/c1-28(2,3)41-26(36)31-25(30)34(27(37)42-29(4,5)6)14-10-11-22(35)33-17-15-32(16-18-33)19-20-12-13-21(38-7)24(40-9)23(20)39-8/h12-13H,10-11,14-19H2,1-9H3,(H2,30,31,36). The third-order valence-electron chi connectivity index (χ3n) is 6.18. The molecule has 0 spiro atoms. The lowest BCUT2D eigenvalue weighted by Crippen LogP contribution is -2.50. The number of benzene rings is 1. The zero-order valence-electron chi connectivity index (χ0n) is 26.4. The van der Waals surface area contributed by atoms with Crippen molar-refractivity contribution in [2.75, 3.05) is 54.1 Å². The van der Waals surface area contributed by atoms with Crippen LogP contribution in [0.4, 0.5) is 9.59 Å². The SMILES string of the molecule is COc1ccc(CN2CCN(C(=O)CCCN(C(=N)NC(=O)OC(C)(C)C)C(=O)OC(C)(C)C)CC2)c(OC)c1OC. The van der Waals surface area contributed by atoms with Crippen LogP contribution < -0.4 is 19.5 Å². The fourth-order valence-electron chi connectivity index (χ4n) is 4.31. The number of carbonyl (C=O) groups is 3. The summed E-state index contributed by atoms with van der Waals surface area (Å²) in [7, 11) is 4.74. The number of methoxy groups -OCH3 is 3. The van der Waals surface area contributed by atoms with Crippen molar-refractivity contribution in [1.29, 1.82) is 5.41 Å². The third-order valence-corrected chi connectivity index (χ3v) is 6.18. The summed E-state index contributed by atoms with van der Waals surface area (Å²) in [6.45, 7) is 13.3. The largest absolute Gasteiger partial charge is 0.493 e. The maximum absolute atomic E-state index is 13.0. The molecule has 0 unspecified atom stereocenters. The smallest absolute Gasteiger partial charge is 0.417 e. The zero-order chi connectivity index (χ0) is 31.7. The van der Waals surface area contributed by atoms with E-state index in [1.54, 1.807) is 67.8 Å². The summed E-state index contributed by atoms with van der Waals surface area (Å²) in [4.78, 5) is 43.0. The van der Waals surface area contributed by atoms with Crippen LogP contribution in [0.25, 0.3) is 0 Å². The predicted molar refractivity (Wildman–Crippen MR) is 157 cm³/mol. The molecule has 1 heterocycles. The molecule has 1 aliphatic rings. The number of amides is 3. The van der Waals surface area contributed by atoms with Crippen LogP contribution in [-0.4, -0.2) is 104 Å². The summed E-state index contributed by atoms with van der Waals surface area (Å²) in [6.07, 6.45) is -1.21. The average molecular weight is 594 g/mol. The number of hydrogen-bond donors (Lipinski definition) is 2. The summed E-state index contributed by atoms with van der Waals surface area (Å²) < 4.78 is 27.1. The molecule has 13 heteroatoms. The van der Waals surface area contributed by atoms with Crippen molar-refractivity contribution in [2.45, 2.75) is 72.1 Å². The van der Waals surface area contributed by atoms with Gasteiger partial charge in [0, 0.05) is 51.3 Å². The highest BCUT2D eigenvalue weighted by Crippen LogP contribution is 2.40. The fourth-order valence-corrected chi connectivity index (χ4v) is 4.31. The Kier molecular flexibility index (Phi) is 12.3. The normalized spacial score (nSPS) is 14.1. The molecule has 42 heavy (non-hydrogen) atoms. The average Bonchev–Trinajstić information content (AvgIpc) is 2.88. The maximum Gasteiger partial charge on any atom is 0.417 e. The Bertz CT molecular complexity index is 1100. The molecule has 0 bridgehead atoms. The Morgan fingerprint density at radius 1 is 0.881 bits per heavy atom.